The highest BCUT2D eigenvalue weighted by atomic mass is 32.2. The highest BCUT2D eigenvalue weighted by Gasteiger charge is 2.35. The molecule has 0 atom stereocenters. The van der Waals surface area contributed by atoms with Gasteiger partial charge < -0.3 is 9.80 Å². The largest absolute Gasteiger partial charge is 0.334 e. The SMILES string of the molecule is Cc1ccc(/C=C2/SC(=S)N(CC(=O)N3CC[NH+](C)CC3)C2=O)cc1. The topological polar surface area (TPSA) is 45.1 Å². The van der Waals surface area contributed by atoms with E-state index in [0.29, 0.717) is 9.23 Å². The second-order valence-corrected chi connectivity index (χ2v) is 8.19. The molecular weight excluding hydrogens is 354 g/mol. The van der Waals surface area contributed by atoms with Crippen molar-refractivity contribution < 1.29 is 14.5 Å². The maximum atomic E-state index is 12.6. The van der Waals surface area contributed by atoms with Gasteiger partial charge in [-0.2, -0.15) is 0 Å². The monoisotopic (exact) mass is 376 g/mol. The number of hydrogen-bond donors (Lipinski definition) is 1. The summed E-state index contributed by atoms with van der Waals surface area (Å²) >= 11 is 6.59. The van der Waals surface area contributed by atoms with Gasteiger partial charge in [-0.25, -0.2) is 0 Å². The molecule has 0 aliphatic carbocycles. The first kappa shape index (κ1) is 18.1. The van der Waals surface area contributed by atoms with Crippen molar-refractivity contribution in [1.82, 2.24) is 9.80 Å². The van der Waals surface area contributed by atoms with E-state index in [4.69, 9.17) is 12.2 Å². The molecule has 1 aromatic carbocycles. The molecule has 2 amide bonds. The van der Waals surface area contributed by atoms with Crippen molar-refractivity contribution in [3.8, 4) is 0 Å². The lowest BCUT2D eigenvalue weighted by Crippen LogP contribution is -3.12. The van der Waals surface area contributed by atoms with Gasteiger partial charge in [0.25, 0.3) is 5.91 Å². The molecule has 5 nitrogen and oxygen atoms in total. The van der Waals surface area contributed by atoms with E-state index in [-0.39, 0.29) is 18.4 Å². The summed E-state index contributed by atoms with van der Waals surface area (Å²) in [6.45, 7) is 5.41. The first-order valence-corrected chi connectivity index (χ1v) is 9.57. The van der Waals surface area contributed by atoms with Gasteiger partial charge in [0, 0.05) is 0 Å². The fourth-order valence-electron chi connectivity index (χ4n) is 2.82. The number of likely N-dealkylation sites (N-methyl/N-ethyl adjacent to an activating group) is 1. The van der Waals surface area contributed by atoms with Crippen LogP contribution in [0.1, 0.15) is 11.1 Å². The minimum Gasteiger partial charge on any atom is -0.334 e. The molecule has 0 aromatic heterocycles. The molecule has 0 spiro atoms. The standard InChI is InChI=1S/C18H21N3O2S2/c1-13-3-5-14(6-4-13)11-15-17(23)21(18(24)25-15)12-16(22)20-9-7-19(2)8-10-20/h3-6,11H,7-10,12H2,1-2H3/p+1/b15-11+. The summed E-state index contributed by atoms with van der Waals surface area (Å²) in [5, 5.41) is 0. The molecule has 2 aliphatic rings. The van der Waals surface area contributed by atoms with Crippen molar-refractivity contribution in [3.05, 3.63) is 40.3 Å². The number of nitrogens with zero attached hydrogens (tertiary/aromatic N) is 2. The second kappa shape index (κ2) is 7.68. The van der Waals surface area contributed by atoms with Crippen LogP contribution >= 0.6 is 24.0 Å². The van der Waals surface area contributed by atoms with Crippen LogP contribution in [0, 0.1) is 6.92 Å². The predicted molar refractivity (Wildman–Crippen MR) is 104 cm³/mol. The van der Waals surface area contributed by atoms with E-state index in [1.54, 1.807) is 0 Å². The van der Waals surface area contributed by atoms with E-state index in [1.165, 1.54) is 27.1 Å². The molecule has 1 aromatic rings. The summed E-state index contributed by atoms with van der Waals surface area (Å²) in [7, 11) is 2.12. The molecule has 132 valence electrons. The third kappa shape index (κ3) is 4.29. The Bertz CT molecular complexity index is 722. The van der Waals surface area contributed by atoms with Gasteiger partial charge in [-0.3, -0.25) is 14.5 Å². The normalized spacial score (nSPS) is 20.6. The van der Waals surface area contributed by atoms with Crippen molar-refractivity contribution in [2.24, 2.45) is 0 Å². The van der Waals surface area contributed by atoms with E-state index < -0.39 is 0 Å². The van der Waals surface area contributed by atoms with Crippen LogP contribution in [0.4, 0.5) is 0 Å². The number of quaternary nitrogens is 1. The summed E-state index contributed by atoms with van der Waals surface area (Å²) in [6, 6.07) is 7.95. The zero-order chi connectivity index (χ0) is 18.0. The second-order valence-electron chi connectivity index (χ2n) is 6.52. The third-order valence-corrected chi connectivity index (χ3v) is 5.89. The molecule has 1 N–H and O–H groups in total. The molecule has 2 fully saturated rings. The summed E-state index contributed by atoms with van der Waals surface area (Å²) < 4.78 is 0.455. The molecule has 2 aliphatic heterocycles. The summed E-state index contributed by atoms with van der Waals surface area (Å²) in [5.74, 6) is -0.205. The maximum Gasteiger partial charge on any atom is 0.266 e. The van der Waals surface area contributed by atoms with Crippen LogP contribution in [-0.4, -0.2) is 65.7 Å². The van der Waals surface area contributed by atoms with Crippen LogP contribution in [0.3, 0.4) is 0 Å². The molecule has 7 heteroatoms. The van der Waals surface area contributed by atoms with Crippen LogP contribution in [0.2, 0.25) is 0 Å². The molecule has 0 bridgehead atoms. The quantitative estimate of drug-likeness (QED) is 0.618. The number of carbonyl (C=O) groups is 2. The van der Waals surface area contributed by atoms with Crippen LogP contribution in [-0.2, 0) is 9.59 Å². The number of thioether (sulfide) groups is 1. The van der Waals surface area contributed by atoms with Gasteiger partial charge in [0.15, 0.2) is 0 Å². The molecule has 3 rings (SSSR count). The van der Waals surface area contributed by atoms with E-state index in [1.807, 2.05) is 42.2 Å². The van der Waals surface area contributed by atoms with E-state index in [9.17, 15) is 9.59 Å². The minimum absolute atomic E-state index is 0.0274. The van der Waals surface area contributed by atoms with Crippen molar-refractivity contribution in [1.29, 1.82) is 0 Å². The fraction of sp³-hybridized carbons (Fsp3) is 0.389. The lowest BCUT2D eigenvalue weighted by Gasteiger charge is -2.31. The Kier molecular flexibility index (Phi) is 5.56. The molecule has 0 saturated carbocycles. The van der Waals surface area contributed by atoms with Crippen molar-refractivity contribution in [3.63, 3.8) is 0 Å². The number of aryl methyl sites for hydroxylation is 1. The van der Waals surface area contributed by atoms with Crippen LogP contribution in [0.15, 0.2) is 29.2 Å². The van der Waals surface area contributed by atoms with Gasteiger partial charge in [-0.15, -0.1) is 0 Å². The number of hydrogen-bond acceptors (Lipinski definition) is 4. The highest BCUT2D eigenvalue weighted by Crippen LogP contribution is 2.32. The molecule has 2 heterocycles. The number of benzene rings is 1. The zero-order valence-electron chi connectivity index (χ0n) is 14.4. The van der Waals surface area contributed by atoms with E-state index in [2.05, 4.69) is 7.05 Å². The van der Waals surface area contributed by atoms with Gasteiger partial charge in [0.2, 0.25) is 5.91 Å². The third-order valence-electron chi connectivity index (χ3n) is 4.51. The Morgan fingerprint density at radius 3 is 2.56 bits per heavy atom. The Morgan fingerprint density at radius 2 is 1.92 bits per heavy atom. The number of nitrogens with one attached hydrogen (secondary N) is 1. The Hall–Kier alpha value is -1.70. The van der Waals surface area contributed by atoms with Gasteiger partial charge in [0.1, 0.15) is 10.9 Å². The Morgan fingerprint density at radius 1 is 1.28 bits per heavy atom. The number of amides is 2. The maximum absolute atomic E-state index is 12.6. The number of thiocarbonyl (C=S) groups is 1. The van der Waals surface area contributed by atoms with Crippen molar-refractivity contribution in [2.75, 3.05) is 39.8 Å². The van der Waals surface area contributed by atoms with Gasteiger partial charge in [-0.05, 0) is 18.6 Å². The lowest BCUT2D eigenvalue weighted by molar-refractivity contribution is -0.883. The van der Waals surface area contributed by atoms with Crippen LogP contribution in [0.25, 0.3) is 6.08 Å². The smallest absolute Gasteiger partial charge is 0.266 e. The summed E-state index contributed by atoms with van der Waals surface area (Å²) in [5.41, 5.74) is 2.13. The fourth-order valence-corrected chi connectivity index (χ4v) is 4.08. The van der Waals surface area contributed by atoms with Crippen LogP contribution in [0.5, 0.6) is 0 Å². The van der Waals surface area contributed by atoms with E-state index in [0.717, 1.165) is 31.7 Å². The minimum atomic E-state index is -0.177. The number of carbonyl (C=O) groups excluding carboxylic acids is 2. The number of rotatable bonds is 3. The zero-order valence-corrected chi connectivity index (χ0v) is 16.1. The van der Waals surface area contributed by atoms with Gasteiger partial charge >= 0.3 is 0 Å². The average Bonchev–Trinajstić information content (AvgIpc) is 2.85. The van der Waals surface area contributed by atoms with E-state index >= 15 is 0 Å². The van der Waals surface area contributed by atoms with Gasteiger partial charge in [-0.1, -0.05) is 53.8 Å². The lowest BCUT2D eigenvalue weighted by atomic mass is 10.1. The van der Waals surface area contributed by atoms with Crippen LogP contribution < -0.4 is 4.90 Å². The summed E-state index contributed by atoms with van der Waals surface area (Å²) in [6.07, 6.45) is 1.84. The first-order valence-electron chi connectivity index (χ1n) is 8.35. The van der Waals surface area contributed by atoms with Gasteiger partial charge in [0.05, 0.1) is 38.1 Å². The molecule has 0 unspecified atom stereocenters. The molecular formula is C18H22N3O2S2+. The molecule has 25 heavy (non-hydrogen) atoms. The summed E-state index contributed by atoms with van der Waals surface area (Å²) in [4.78, 5) is 30.4. The Balaban J connectivity index is 1.67. The molecule has 2 saturated heterocycles. The predicted octanol–water partition coefficient (Wildman–Crippen LogP) is 0.553. The van der Waals surface area contributed by atoms with Crippen molar-refractivity contribution in [2.45, 2.75) is 6.92 Å². The average molecular weight is 377 g/mol. The highest BCUT2D eigenvalue weighted by molar-refractivity contribution is 8.26. The number of piperazine rings is 1. The first-order chi connectivity index (χ1) is 11.9. The Labute approximate surface area is 157 Å². The molecule has 0 radical (unpaired) electrons. The van der Waals surface area contributed by atoms with Crippen molar-refractivity contribution >= 4 is 46.2 Å².